The quantitative estimate of drug-likeness (QED) is 0.386. The van der Waals surface area contributed by atoms with Crippen LogP contribution in [0.3, 0.4) is 0 Å². The van der Waals surface area contributed by atoms with Crippen LogP contribution < -0.4 is 10.5 Å². The first-order valence-corrected chi connectivity index (χ1v) is 6.88. The van der Waals surface area contributed by atoms with Crippen molar-refractivity contribution in [2.24, 2.45) is 10.9 Å². The van der Waals surface area contributed by atoms with Crippen LogP contribution in [0.25, 0.3) is 0 Å². The highest BCUT2D eigenvalue weighted by Crippen LogP contribution is 2.30. The fraction of sp³-hybridized carbons (Fsp3) is 0.235. The number of benzene rings is 2. The number of amidine groups is 1. The van der Waals surface area contributed by atoms with Crippen LogP contribution in [0.5, 0.6) is 11.5 Å². The first-order valence-electron chi connectivity index (χ1n) is 6.88. The van der Waals surface area contributed by atoms with Crippen molar-refractivity contribution in [1.29, 1.82) is 0 Å². The molecule has 4 nitrogen and oxygen atoms in total. The van der Waals surface area contributed by atoms with Crippen LogP contribution in [-0.4, -0.2) is 11.0 Å². The molecule has 0 amide bonds. The Labute approximate surface area is 124 Å². The second kappa shape index (κ2) is 6.31. The van der Waals surface area contributed by atoms with Crippen molar-refractivity contribution >= 4 is 5.84 Å². The van der Waals surface area contributed by atoms with Gasteiger partial charge < -0.3 is 15.7 Å². The molecule has 2 aromatic carbocycles. The molecule has 110 valence electrons. The molecule has 0 radical (unpaired) electrons. The predicted molar refractivity (Wildman–Crippen MR) is 84.3 cm³/mol. The Balaban J connectivity index is 2.41. The molecule has 0 aliphatic carbocycles. The molecule has 0 spiro atoms. The Morgan fingerprint density at radius 3 is 2.52 bits per heavy atom. The summed E-state index contributed by atoms with van der Waals surface area (Å²) in [5.74, 6) is 1.80. The molecule has 3 N–H and O–H groups in total. The van der Waals surface area contributed by atoms with Gasteiger partial charge in [-0.25, -0.2) is 0 Å². The monoisotopic (exact) mass is 284 g/mol. The lowest BCUT2D eigenvalue weighted by molar-refractivity contribution is 0.318. The van der Waals surface area contributed by atoms with Crippen LogP contribution in [-0.2, 0) is 0 Å². The highest BCUT2D eigenvalue weighted by molar-refractivity contribution is 5.99. The third-order valence-electron chi connectivity index (χ3n) is 3.37. The number of hydrogen-bond acceptors (Lipinski definition) is 3. The maximum atomic E-state index is 8.86. The van der Waals surface area contributed by atoms with Crippen molar-refractivity contribution < 1.29 is 9.94 Å². The first-order chi connectivity index (χ1) is 10.0. The van der Waals surface area contributed by atoms with Crippen LogP contribution in [0.2, 0.25) is 0 Å². The third kappa shape index (κ3) is 3.34. The Bertz CT molecular complexity index is 664. The standard InChI is InChI=1S/C17H20N2O2/c1-11(2)13-9-8-12(3)16(10-13)21-15-7-5-4-6-14(15)17(18)19-20/h4-11,20H,1-3H3,(H2,18,19). The van der Waals surface area contributed by atoms with Gasteiger partial charge in [0.25, 0.3) is 0 Å². The van der Waals surface area contributed by atoms with E-state index in [1.165, 1.54) is 5.56 Å². The summed E-state index contributed by atoms with van der Waals surface area (Å²) in [6, 6.07) is 13.4. The average molecular weight is 284 g/mol. The number of rotatable bonds is 4. The molecule has 0 fully saturated rings. The van der Waals surface area contributed by atoms with E-state index >= 15 is 0 Å². The van der Waals surface area contributed by atoms with Crippen LogP contribution in [0.1, 0.15) is 36.5 Å². The van der Waals surface area contributed by atoms with E-state index in [4.69, 9.17) is 15.7 Å². The third-order valence-corrected chi connectivity index (χ3v) is 3.37. The molecule has 0 aliphatic heterocycles. The minimum atomic E-state index is 0.0308. The molecule has 2 aromatic rings. The molecular formula is C17H20N2O2. The maximum Gasteiger partial charge on any atom is 0.173 e. The zero-order chi connectivity index (χ0) is 15.4. The van der Waals surface area contributed by atoms with Crippen molar-refractivity contribution in [3.63, 3.8) is 0 Å². The highest BCUT2D eigenvalue weighted by atomic mass is 16.5. The molecule has 0 atom stereocenters. The molecule has 0 saturated carbocycles. The second-order valence-corrected chi connectivity index (χ2v) is 5.26. The van der Waals surface area contributed by atoms with Crippen molar-refractivity contribution in [3.8, 4) is 11.5 Å². The minimum absolute atomic E-state index is 0.0308. The number of hydrogen-bond donors (Lipinski definition) is 2. The molecule has 2 rings (SSSR count). The maximum absolute atomic E-state index is 8.86. The highest BCUT2D eigenvalue weighted by Gasteiger charge is 2.11. The fourth-order valence-corrected chi connectivity index (χ4v) is 2.03. The Hall–Kier alpha value is -2.49. The summed E-state index contributed by atoms with van der Waals surface area (Å²) in [4.78, 5) is 0. The lowest BCUT2D eigenvalue weighted by atomic mass is 10.0. The van der Waals surface area contributed by atoms with Crippen LogP contribution in [0.15, 0.2) is 47.6 Å². The van der Waals surface area contributed by atoms with Crippen molar-refractivity contribution in [2.45, 2.75) is 26.7 Å². The van der Waals surface area contributed by atoms with Gasteiger partial charge in [0, 0.05) is 0 Å². The zero-order valence-corrected chi connectivity index (χ0v) is 12.5. The van der Waals surface area contributed by atoms with Crippen molar-refractivity contribution in [1.82, 2.24) is 0 Å². The van der Waals surface area contributed by atoms with E-state index in [1.54, 1.807) is 12.1 Å². The molecule has 4 heteroatoms. The summed E-state index contributed by atoms with van der Waals surface area (Å²) in [6.45, 7) is 6.27. The van der Waals surface area contributed by atoms with E-state index in [0.717, 1.165) is 11.3 Å². The Kier molecular flexibility index (Phi) is 4.48. The molecule has 0 aliphatic rings. The van der Waals surface area contributed by atoms with Gasteiger partial charge in [0.1, 0.15) is 11.5 Å². The second-order valence-electron chi connectivity index (χ2n) is 5.26. The fourth-order valence-electron chi connectivity index (χ4n) is 2.03. The summed E-state index contributed by atoms with van der Waals surface area (Å²) in [5.41, 5.74) is 8.49. The van der Waals surface area contributed by atoms with Gasteiger partial charge in [-0.2, -0.15) is 0 Å². The lowest BCUT2D eigenvalue weighted by Gasteiger charge is -2.14. The number of aryl methyl sites for hydroxylation is 1. The summed E-state index contributed by atoms with van der Waals surface area (Å²) >= 11 is 0. The SMILES string of the molecule is Cc1ccc(C(C)C)cc1Oc1ccccc1C(N)=NO. The summed E-state index contributed by atoms with van der Waals surface area (Å²) in [6.07, 6.45) is 0. The molecular weight excluding hydrogens is 264 g/mol. The van der Waals surface area contributed by atoms with E-state index in [2.05, 4.69) is 25.1 Å². The Morgan fingerprint density at radius 2 is 1.86 bits per heavy atom. The van der Waals surface area contributed by atoms with E-state index < -0.39 is 0 Å². The van der Waals surface area contributed by atoms with E-state index in [1.807, 2.05) is 31.2 Å². The van der Waals surface area contributed by atoms with Crippen molar-refractivity contribution in [3.05, 3.63) is 59.2 Å². The molecule has 0 saturated heterocycles. The topological polar surface area (TPSA) is 67.8 Å². The van der Waals surface area contributed by atoms with E-state index in [0.29, 0.717) is 17.2 Å². The van der Waals surface area contributed by atoms with Crippen LogP contribution >= 0.6 is 0 Å². The number of oxime groups is 1. The average Bonchev–Trinajstić information content (AvgIpc) is 2.49. The first kappa shape index (κ1) is 14.9. The normalized spacial score (nSPS) is 11.7. The van der Waals surface area contributed by atoms with Gasteiger partial charge >= 0.3 is 0 Å². The Morgan fingerprint density at radius 1 is 1.14 bits per heavy atom. The number of para-hydroxylation sites is 1. The van der Waals surface area contributed by atoms with Gasteiger partial charge in [-0.15, -0.1) is 0 Å². The summed E-state index contributed by atoms with van der Waals surface area (Å²) in [7, 11) is 0. The number of nitrogens with zero attached hydrogens (tertiary/aromatic N) is 1. The largest absolute Gasteiger partial charge is 0.456 e. The van der Waals surface area contributed by atoms with Gasteiger partial charge in [0.15, 0.2) is 5.84 Å². The van der Waals surface area contributed by atoms with Gasteiger partial charge in [0.2, 0.25) is 0 Å². The van der Waals surface area contributed by atoms with Gasteiger partial charge in [0.05, 0.1) is 5.56 Å². The van der Waals surface area contributed by atoms with Crippen molar-refractivity contribution in [2.75, 3.05) is 0 Å². The van der Waals surface area contributed by atoms with Gasteiger partial charge in [-0.1, -0.05) is 43.3 Å². The zero-order valence-electron chi connectivity index (χ0n) is 12.5. The number of nitrogens with two attached hydrogens (primary N) is 1. The lowest BCUT2D eigenvalue weighted by Crippen LogP contribution is -2.14. The van der Waals surface area contributed by atoms with Gasteiger partial charge in [-0.3, -0.25) is 0 Å². The molecule has 0 aromatic heterocycles. The minimum Gasteiger partial charge on any atom is -0.456 e. The number of ether oxygens (including phenoxy) is 1. The smallest absolute Gasteiger partial charge is 0.173 e. The molecule has 0 bridgehead atoms. The van der Waals surface area contributed by atoms with Gasteiger partial charge in [-0.05, 0) is 42.2 Å². The summed E-state index contributed by atoms with van der Waals surface area (Å²) < 4.78 is 5.98. The molecule has 0 unspecified atom stereocenters. The molecule has 21 heavy (non-hydrogen) atoms. The summed E-state index contributed by atoms with van der Waals surface area (Å²) in [5, 5.41) is 11.9. The van der Waals surface area contributed by atoms with Crippen LogP contribution in [0.4, 0.5) is 0 Å². The predicted octanol–water partition coefficient (Wildman–Crippen LogP) is 4.01. The van der Waals surface area contributed by atoms with Crippen LogP contribution in [0, 0.1) is 6.92 Å². The van der Waals surface area contributed by atoms with E-state index in [9.17, 15) is 0 Å². The molecule has 0 heterocycles. The van der Waals surface area contributed by atoms with E-state index in [-0.39, 0.29) is 5.84 Å².